The molecule has 5 heteroatoms. The van der Waals surface area contributed by atoms with Gasteiger partial charge in [-0.3, -0.25) is 4.90 Å². The molecule has 29 heavy (non-hydrogen) atoms. The highest BCUT2D eigenvalue weighted by molar-refractivity contribution is 5.89. The third-order valence-electron chi connectivity index (χ3n) is 4.82. The largest absolute Gasteiger partial charge is 0.491 e. The van der Waals surface area contributed by atoms with Crippen LogP contribution in [0.3, 0.4) is 0 Å². The van der Waals surface area contributed by atoms with Crippen LogP contribution in [-0.2, 0) is 16.7 Å². The molecule has 0 unspecified atom stereocenters. The zero-order valence-corrected chi connectivity index (χ0v) is 18.4. The number of aliphatic hydroxyl groups is 1. The molecule has 0 aromatic heterocycles. The van der Waals surface area contributed by atoms with E-state index in [0.29, 0.717) is 18.7 Å². The number of hydrogen-bond acceptors (Lipinski definition) is 5. The second-order valence-corrected chi connectivity index (χ2v) is 8.58. The summed E-state index contributed by atoms with van der Waals surface area (Å²) in [5, 5.41) is 10.4. The minimum Gasteiger partial charge on any atom is -0.491 e. The first kappa shape index (κ1) is 22.9. The van der Waals surface area contributed by atoms with Crippen molar-refractivity contribution in [2.24, 2.45) is 0 Å². The second-order valence-electron chi connectivity index (χ2n) is 8.58. The van der Waals surface area contributed by atoms with Gasteiger partial charge in [-0.05, 0) is 54.3 Å². The molecule has 0 heterocycles. The van der Waals surface area contributed by atoms with E-state index in [1.807, 2.05) is 37.1 Å². The van der Waals surface area contributed by atoms with Crippen molar-refractivity contribution in [1.29, 1.82) is 0 Å². The van der Waals surface area contributed by atoms with E-state index in [-0.39, 0.29) is 18.0 Å². The van der Waals surface area contributed by atoms with Gasteiger partial charge in [-0.25, -0.2) is 4.79 Å². The molecule has 0 saturated carbocycles. The van der Waals surface area contributed by atoms with E-state index >= 15 is 0 Å². The third kappa shape index (κ3) is 6.87. The van der Waals surface area contributed by atoms with Crippen LogP contribution in [0.5, 0.6) is 5.75 Å². The highest BCUT2D eigenvalue weighted by Crippen LogP contribution is 2.27. The molecule has 5 nitrogen and oxygen atoms in total. The quantitative estimate of drug-likeness (QED) is 0.681. The van der Waals surface area contributed by atoms with Crippen molar-refractivity contribution in [1.82, 2.24) is 4.90 Å². The lowest BCUT2D eigenvalue weighted by Crippen LogP contribution is -2.32. The number of likely N-dealkylation sites (N-methyl/N-ethyl adjacent to an activating group) is 1. The number of nitrogens with zero attached hydrogens (tertiary/aromatic N) is 1. The van der Waals surface area contributed by atoms with Gasteiger partial charge in [-0.15, -0.1) is 0 Å². The van der Waals surface area contributed by atoms with Gasteiger partial charge in [-0.2, -0.15) is 0 Å². The van der Waals surface area contributed by atoms with Crippen molar-refractivity contribution < 1.29 is 19.4 Å². The number of methoxy groups -OCH3 is 1. The number of rotatable bonds is 8. The van der Waals surface area contributed by atoms with Crippen molar-refractivity contribution >= 4 is 5.97 Å². The fraction of sp³-hybridized carbons (Fsp3) is 0.458. The Morgan fingerprint density at radius 1 is 1.14 bits per heavy atom. The number of aliphatic hydroxyl groups excluding tert-OH is 1. The average molecular weight is 400 g/mol. The van der Waals surface area contributed by atoms with Crippen molar-refractivity contribution in [3.63, 3.8) is 0 Å². The van der Waals surface area contributed by atoms with E-state index in [4.69, 9.17) is 9.47 Å². The number of carbonyl (C=O) groups excluding carboxylic acids is 1. The van der Waals surface area contributed by atoms with Crippen LogP contribution in [0, 0.1) is 6.92 Å². The van der Waals surface area contributed by atoms with Crippen LogP contribution >= 0.6 is 0 Å². The summed E-state index contributed by atoms with van der Waals surface area (Å²) in [7, 11) is 3.31. The highest BCUT2D eigenvalue weighted by Gasteiger charge is 2.16. The van der Waals surface area contributed by atoms with Crippen molar-refractivity contribution in [3.8, 4) is 5.75 Å². The van der Waals surface area contributed by atoms with Crippen LogP contribution in [0.15, 0.2) is 42.5 Å². The molecule has 0 aliphatic heterocycles. The Morgan fingerprint density at radius 2 is 1.79 bits per heavy atom. The van der Waals surface area contributed by atoms with Gasteiger partial charge in [0.2, 0.25) is 0 Å². The first-order valence-corrected chi connectivity index (χ1v) is 9.88. The molecule has 0 radical (unpaired) electrons. The molecule has 0 saturated heterocycles. The van der Waals surface area contributed by atoms with Gasteiger partial charge >= 0.3 is 5.97 Å². The summed E-state index contributed by atoms with van der Waals surface area (Å²) in [6.07, 6.45) is -0.601. The van der Waals surface area contributed by atoms with Gasteiger partial charge in [0.15, 0.2) is 0 Å². The van der Waals surface area contributed by atoms with E-state index < -0.39 is 6.10 Å². The molecule has 0 aliphatic rings. The van der Waals surface area contributed by atoms with Crippen LogP contribution in [-0.4, -0.2) is 49.4 Å². The van der Waals surface area contributed by atoms with Gasteiger partial charge in [0, 0.05) is 13.1 Å². The summed E-state index contributed by atoms with van der Waals surface area (Å²) in [4.78, 5) is 13.5. The van der Waals surface area contributed by atoms with Crippen LogP contribution < -0.4 is 4.74 Å². The molecule has 1 atom stereocenters. The van der Waals surface area contributed by atoms with E-state index in [9.17, 15) is 9.90 Å². The number of carbonyl (C=O) groups is 1. The molecule has 158 valence electrons. The summed E-state index contributed by atoms with van der Waals surface area (Å²) in [5.74, 6) is 0.460. The summed E-state index contributed by atoms with van der Waals surface area (Å²) >= 11 is 0. The molecule has 2 rings (SSSR count). The van der Waals surface area contributed by atoms with Gasteiger partial charge in [0.25, 0.3) is 0 Å². The molecule has 2 aromatic rings. The molecular formula is C24H33NO4. The summed E-state index contributed by atoms with van der Waals surface area (Å²) in [6.45, 7) is 9.97. The van der Waals surface area contributed by atoms with E-state index in [0.717, 1.165) is 16.9 Å². The predicted molar refractivity (Wildman–Crippen MR) is 115 cm³/mol. The third-order valence-corrected chi connectivity index (χ3v) is 4.82. The van der Waals surface area contributed by atoms with Crippen molar-refractivity contribution in [2.45, 2.75) is 45.8 Å². The Kier molecular flexibility index (Phi) is 7.82. The molecule has 0 fully saturated rings. The number of esters is 1. The first-order valence-electron chi connectivity index (χ1n) is 9.88. The molecule has 2 aromatic carbocycles. The number of aryl methyl sites for hydroxylation is 1. The maximum atomic E-state index is 11.5. The van der Waals surface area contributed by atoms with Crippen LogP contribution in [0.4, 0.5) is 0 Å². The Labute approximate surface area is 174 Å². The minimum absolute atomic E-state index is 0.0978. The standard InChI is InChI=1S/C24H33NO4/c1-17-13-20(24(2,3)4)11-12-22(17)29-16-21(26)15-25(5)14-18-7-9-19(10-8-18)23(27)28-6/h7-13,21,26H,14-16H2,1-6H3/t21-/m0/s1. The maximum Gasteiger partial charge on any atom is 0.337 e. The van der Waals surface area contributed by atoms with E-state index in [1.54, 1.807) is 12.1 Å². The van der Waals surface area contributed by atoms with Crippen molar-refractivity contribution in [3.05, 3.63) is 64.7 Å². The lowest BCUT2D eigenvalue weighted by atomic mass is 9.86. The second kappa shape index (κ2) is 9.90. The molecule has 1 N–H and O–H groups in total. The Hall–Kier alpha value is -2.37. The monoisotopic (exact) mass is 399 g/mol. The van der Waals surface area contributed by atoms with Gasteiger partial charge in [0.05, 0.1) is 12.7 Å². The minimum atomic E-state index is -0.601. The van der Waals surface area contributed by atoms with Gasteiger partial charge in [0.1, 0.15) is 18.5 Å². The topological polar surface area (TPSA) is 59.0 Å². The van der Waals surface area contributed by atoms with Crippen molar-refractivity contribution in [2.75, 3.05) is 27.3 Å². The van der Waals surface area contributed by atoms with E-state index in [1.165, 1.54) is 12.7 Å². The maximum absolute atomic E-state index is 11.5. The number of hydrogen-bond donors (Lipinski definition) is 1. The number of benzene rings is 2. The summed E-state index contributed by atoms with van der Waals surface area (Å²) < 4.78 is 10.6. The highest BCUT2D eigenvalue weighted by atomic mass is 16.5. The molecule has 0 bridgehead atoms. The smallest absolute Gasteiger partial charge is 0.337 e. The first-order chi connectivity index (χ1) is 13.6. The van der Waals surface area contributed by atoms with Crippen LogP contribution in [0.25, 0.3) is 0 Å². The SMILES string of the molecule is COC(=O)c1ccc(CN(C)C[C@H](O)COc2ccc(C(C)(C)C)cc2C)cc1. The molecule has 0 spiro atoms. The Bertz CT molecular complexity index is 809. The Balaban J connectivity index is 1.84. The van der Waals surface area contributed by atoms with E-state index in [2.05, 4.69) is 32.9 Å². The van der Waals surface area contributed by atoms with Crippen LogP contribution in [0.2, 0.25) is 0 Å². The molecule has 0 aliphatic carbocycles. The lowest BCUT2D eigenvalue weighted by molar-refractivity contribution is 0.0600. The zero-order chi connectivity index (χ0) is 21.6. The number of ether oxygens (including phenoxy) is 2. The summed E-state index contributed by atoms with van der Waals surface area (Å²) in [5.41, 5.74) is 4.02. The normalized spacial score (nSPS) is 12.7. The average Bonchev–Trinajstić information content (AvgIpc) is 2.66. The fourth-order valence-electron chi connectivity index (χ4n) is 3.12. The molecule has 0 amide bonds. The van der Waals surface area contributed by atoms with Gasteiger partial charge in [-0.1, -0.05) is 45.0 Å². The van der Waals surface area contributed by atoms with Crippen LogP contribution in [0.1, 0.15) is 47.8 Å². The zero-order valence-electron chi connectivity index (χ0n) is 18.4. The lowest BCUT2D eigenvalue weighted by Gasteiger charge is -2.23. The van der Waals surface area contributed by atoms with Gasteiger partial charge < -0.3 is 14.6 Å². The predicted octanol–water partition coefficient (Wildman–Crippen LogP) is 3.95. The Morgan fingerprint density at radius 3 is 2.34 bits per heavy atom. The molecular weight excluding hydrogens is 366 g/mol. The fourth-order valence-corrected chi connectivity index (χ4v) is 3.12. The summed E-state index contributed by atoms with van der Waals surface area (Å²) in [6, 6.07) is 13.5.